The summed E-state index contributed by atoms with van der Waals surface area (Å²) < 4.78 is 11.3. The number of benzene rings is 2. The predicted molar refractivity (Wildman–Crippen MR) is 157 cm³/mol. The van der Waals surface area contributed by atoms with Crippen molar-refractivity contribution >= 4 is 40.3 Å². The lowest BCUT2D eigenvalue weighted by Gasteiger charge is -2.19. The molecular formula is C31H39ClN2O6. The molecular weight excluding hydrogens is 532 g/mol. The number of carboxylic acids is 1. The molecule has 1 amide bonds. The number of carbonyl (C=O) groups excluding carboxylic acids is 2. The fourth-order valence-corrected chi connectivity index (χ4v) is 4.59. The van der Waals surface area contributed by atoms with Gasteiger partial charge in [0.2, 0.25) is 5.91 Å². The summed E-state index contributed by atoms with van der Waals surface area (Å²) >= 11 is 6.56. The molecule has 9 heteroatoms. The van der Waals surface area contributed by atoms with Gasteiger partial charge in [0, 0.05) is 35.5 Å². The first-order chi connectivity index (χ1) is 19.0. The molecule has 3 rings (SSSR count). The van der Waals surface area contributed by atoms with Crippen molar-refractivity contribution in [3.8, 4) is 16.9 Å². The lowest BCUT2D eigenvalue weighted by molar-refractivity contribution is -0.137. The standard InChI is InChI=1S/C31H39ClN2O6/c1-31(2,3)40-30(38)25-20-34-27-19-26(32)23(18-24(25)27)21-12-14-22(15-13-21)39-17-16-33-28(35)10-8-6-4-5-7-9-11-29(36)37/h12-15,18-20,34H,4-11,16-17H2,1-3H3,(H,33,35)(H,36,37). The number of aliphatic carboxylic acids is 1. The van der Waals surface area contributed by atoms with E-state index in [0.29, 0.717) is 42.3 Å². The summed E-state index contributed by atoms with van der Waals surface area (Å²) in [7, 11) is 0. The molecule has 0 atom stereocenters. The number of fused-ring (bicyclic) bond motifs is 1. The van der Waals surface area contributed by atoms with Crippen LogP contribution in [-0.4, -0.2) is 46.7 Å². The van der Waals surface area contributed by atoms with Crippen molar-refractivity contribution in [2.24, 2.45) is 0 Å². The maximum Gasteiger partial charge on any atom is 0.340 e. The van der Waals surface area contributed by atoms with Crippen molar-refractivity contribution in [3.63, 3.8) is 0 Å². The highest BCUT2D eigenvalue weighted by atomic mass is 35.5. The van der Waals surface area contributed by atoms with Gasteiger partial charge < -0.3 is 24.9 Å². The summed E-state index contributed by atoms with van der Waals surface area (Å²) in [6, 6.07) is 11.2. The zero-order valence-electron chi connectivity index (χ0n) is 23.5. The highest BCUT2D eigenvalue weighted by Gasteiger charge is 2.21. The maximum absolute atomic E-state index is 12.7. The van der Waals surface area contributed by atoms with Crippen molar-refractivity contribution in [1.29, 1.82) is 0 Å². The molecule has 8 nitrogen and oxygen atoms in total. The second kappa shape index (κ2) is 14.7. The Morgan fingerprint density at radius 1 is 0.950 bits per heavy atom. The van der Waals surface area contributed by atoms with Crippen LogP contribution in [0.15, 0.2) is 42.6 Å². The average Bonchev–Trinajstić information content (AvgIpc) is 3.30. The summed E-state index contributed by atoms with van der Waals surface area (Å²) in [5.74, 6) is -0.461. The van der Waals surface area contributed by atoms with Gasteiger partial charge in [0.1, 0.15) is 18.0 Å². The van der Waals surface area contributed by atoms with Crippen LogP contribution in [0.1, 0.15) is 82.5 Å². The Bertz CT molecular complexity index is 1290. The number of aromatic amines is 1. The molecule has 0 aliphatic carbocycles. The second-order valence-corrected chi connectivity index (χ2v) is 11.2. The third kappa shape index (κ3) is 9.90. The molecule has 3 aromatic rings. The number of amides is 1. The van der Waals surface area contributed by atoms with Crippen LogP contribution in [0.3, 0.4) is 0 Å². The molecule has 3 N–H and O–H groups in total. The van der Waals surface area contributed by atoms with Gasteiger partial charge >= 0.3 is 11.9 Å². The van der Waals surface area contributed by atoms with E-state index in [9.17, 15) is 14.4 Å². The zero-order chi connectivity index (χ0) is 29.1. The molecule has 0 saturated heterocycles. The number of unbranched alkanes of at least 4 members (excludes halogenated alkanes) is 5. The van der Waals surface area contributed by atoms with E-state index in [0.717, 1.165) is 54.1 Å². The minimum Gasteiger partial charge on any atom is -0.492 e. The third-order valence-corrected chi connectivity index (χ3v) is 6.60. The quantitative estimate of drug-likeness (QED) is 0.132. The molecule has 0 aliphatic heterocycles. The molecule has 40 heavy (non-hydrogen) atoms. The number of halogens is 1. The van der Waals surface area contributed by atoms with Crippen molar-refractivity contribution in [1.82, 2.24) is 10.3 Å². The molecule has 0 unspecified atom stereocenters. The van der Waals surface area contributed by atoms with E-state index in [1.54, 1.807) is 12.3 Å². The predicted octanol–water partition coefficient (Wildman–Crippen LogP) is 7.14. The van der Waals surface area contributed by atoms with Gasteiger partial charge in [-0.15, -0.1) is 0 Å². The Morgan fingerprint density at radius 2 is 1.60 bits per heavy atom. The molecule has 0 bridgehead atoms. The number of aromatic nitrogens is 1. The molecule has 0 spiro atoms. The van der Waals surface area contributed by atoms with Crippen molar-refractivity contribution in [3.05, 3.63) is 53.2 Å². The summed E-state index contributed by atoms with van der Waals surface area (Å²) in [6.45, 7) is 6.26. The number of carbonyl (C=O) groups is 3. The van der Waals surface area contributed by atoms with Gasteiger partial charge in [-0.05, 0) is 63.4 Å². The lowest BCUT2D eigenvalue weighted by atomic mass is 10.0. The minimum absolute atomic E-state index is 0.00497. The highest BCUT2D eigenvalue weighted by molar-refractivity contribution is 6.34. The number of hydrogen-bond donors (Lipinski definition) is 3. The zero-order valence-corrected chi connectivity index (χ0v) is 24.2. The van der Waals surface area contributed by atoms with Gasteiger partial charge in [0.05, 0.1) is 17.1 Å². The number of carboxylic acid groups (broad SMARTS) is 1. The van der Waals surface area contributed by atoms with E-state index >= 15 is 0 Å². The van der Waals surface area contributed by atoms with Gasteiger partial charge in [0.15, 0.2) is 0 Å². The van der Waals surface area contributed by atoms with Gasteiger partial charge in [0.25, 0.3) is 0 Å². The van der Waals surface area contributed by atoms with E-state index in [4.69, 9.17) is 26.2 Å². The Kier molecular flexibility index (Phi) is 11.4. The summed E-state index contributed by atoms with van der Waals surface area (Å²) in [6.07, 6.45) is 7.78. The van der Waals surface area contributed by atoms with Crippen molar-refractivity contribution in [2.45, 2.75) is 77.7 Å². The first-order valence-electron chi connectivity index (χ1n) is 13.8. The molecule has 0 fully saturated rings. The van der Waals surface area contributed by atoms with Crippen LogP contribution in [-0.2, 0) is 14.3 Å². The van der Waals surface area contributed by atoms with Crippen LogP contribution < -0.4 is 10.1 Å². The van der Waals surface area contributed by atoms with Crippen LogP contribution in [0, 0.1) is 0 Å². The van der Waals surface area contributed by atoms with Gasteiger partial charge in [-0.25, -0.2) is 4.79 Å². The smallest absolute Gasteiger partial charge is 0.340 e. The molecule has 1 heterocycles. The van der Waals surface area contributed by atoms with Gasteiger partial charge in [-0.2, -0.15) is 0 Å². The summed E-state index contributed by atoms with van der Waals surface area (Å²) in [4.78, 5) is 38.3. The van der Waals surface area contributed by atoms with E-state index in [-0.39, 0.29) is 12.3 Å². The first kappa shape index (κ1) is 31.0. The monoisotopic (exact) mass is 570 g/mol. The normalized spacial score (nSPS) is 11.4. The van der Waals surface area contributed by atoms with E-state index in [1.807, 2.05) is 51.1 Å². The van der Waals surface area contributed by atoms with Gasteiger partial charge in [-0.3, -0.25) is 9.59 Å². The number of nitrogens with one attached hydrogen (secondary N) is 2. The molecule has 0 saturated carbocycles. The lowest BCUT2D eigenvalue weighted by Crippen LogP contribution is -2.27. The van der Waals surface area contributed by atoms with Crippen molar-refractivity contribution < 1.29 is 29.0 Å². The summed E-state index contributed by atoms with van der Waals surface area (Å²) in [5, 5.41) is 12.8. The fraction of sp³-hybridized carbons (Fsp3) is 0.452. The largest absolute Gasteiger partial charge is 0.492 e. The van der Waals surface area contributed by atoms with E-state index in [1.165, 1.54) is 0 Å². The number of hydrogen-bond acceptors (Lipinski definition) is 5. The van der Waals surface area contributed by atoms with Crippen LogP contribution in [0.5, 0.6) is 5.75 Å². The average molecular weight is 571 g/mol. The Hall–Kier alpha value is -3.52. The number of esters is 1. The highest BCUT2D eigenvalue weighted by Crippen LogP contribution is 2.34. The maximum atomic E-state index is 12.7. The number of rotatable bonds is 15. The molecule has 216 valence electrons. The minimum atomic E-state index is -0.746. The molecule has 2 aromatic carbocycles. The Morgan fingerprint density at radius 3 is 2.25 bits per heavy atom. The van der Waals surface area contributed by atoms with Crippen LogP contribution in [0.25, 0.3) is 22.0 Å². The van der Waals surface area contributed by atoms with Crippen LogP contribution in [0.4, 0.5) is 0 Å². The van der Waals surface area contributed by atoms with Gasteiger partial charge in [-0.1, -0.05) is 49.4 Å². The topological polar surface area (TPSA) is 118 Å². The SMILES string of the molecule is CC(C)(C)OC(=O)c1c[nH]c2cc(Cl)c(-c3ccc(OCCNC(=O)CCCCCCCCC(=O)O)cc3)cc12. The Labute approximate surface area is 240 Å². The molecule has 0 radical (unpaired) electrons. The number of H-pyrrole nitrogens is 1. The van der Waals surface area contributed by atoms with E-state index in [2.05, 4.69) is 10.3 Å². The Balaban J connectivity index is 1.44. The number of ether oxygens (including phenoxy) is 2. The fourth-order valence-electron chi connectivity index (χ4n) is 4.31. The third-order valence-electron chi connectivity index (χ3n) is 6.29. The van der Waals surface area contributed by atoms with Crippen LogP contribution in [0.2, 0.25) is 5.02 Å². The second-order valence-electron chi connectivity index (χ2n) is 10.8. The van der Waals surface area contributed by atoms with E-state index < -0.39 is 17.5 Å². The van der Waals surface area contributed by atoms with Crippen LogP contribution >= 0.6 is 11.6 Å². The molecule has 0 aliphatic rings. The molecule has 1 aromatic heterocycles. The van der Waals surface area contributed by atoms with Crippen molar-refractivity contribution in [2.75, 3.05) is 13.2 Å². The summed E-state index contributed by atoms with van der Waals surface area (Å²) in [5.41, 5.74) is 2.28. The first-order valence-corrected chi connectivity index (χ1v) is 14.2.